The first-order valence-electron chi connectivity index (χ1n) is 13.5. The minimum Gasteiger partial charge on any atom is -0.379 e. The smallest absolute Gasteiger partial charge is 0.253 e. The molecule has 0 aliphatic carbocycles. The van der Waals surface area contributed by atoms with Crippen molar-refractivity contribution in [3.05, 3.63) is 95.1 Å². The van der Waals surface area contributed by atoms with Crippen LogP contribution < -0.4 is 15.5 Å². The first-order chi connectivity index (χ1) is 18.7. The van der Waals surface area contributed by atoms with Crippen molar-refractivity contribution in [2.45, 2.75) is 25.8 Å². The second kappa shape index (κ2) is 12.7. The molecule has 2 aliphatic heterocycles. The lowest BCUT2D eigenvalue weighted by molar-refractivity contribution is -0.116. The van der Waals surface area contributed by atoms with Crippen molar-refractivity contribution in [2.75, 3.05) is 56.2 Å². The maximum atomic E-state index is 13.5. The average molecular weight is 513 g/mol. The number of anilines is 2. The van der Waals surface area contributed by atoms with Gasteiger partial charge in [0, 0.05) is 57.1 Å². The molecule has 0 aromatic heterocycles. The SMILES string of the molecule is O=C(CCc1ccccc1)Nc1ccc(N2CCc3ccccc3C2)c(C(=O)NCCN2CCOCC2)c1. The van der Waals surface area contributed by atoms with Crippen LogP contribution >= 0.6 is 0 Å². The molecule has 7 nitrogen and oxygen atoms in total. The van der Waals surface area contributed by atoms with E-state index in [4.69, 9.17) is 4.74 Å². The number of fused-ring (bicyclic) bond motifs is 1. The van der Waals surface area contributed by atoms with E-state index in [1.807, 2.05) is 48.5 Å². The van der Waals surface area contributed by atoms with Crippen LogP contribution in [0.5, 0.6) is 0 Å². The van der Waals surface area contributed by atoms with Gasteiger partial charge in [0.2, 0.25) is 5.91 Å². The molecule has 0 unspecified atom stereocenters. The topological polar surface area (TPSA) is 73.9 Å². The van der Waals surface area contributed by atoms with E-state index < -0.39 is 0 Å². The van der Waals surface area contributed by atoms with Crippen molar-refractivity contribution in [3.8, 4) is 0 Å². The summed E-state index contributed by atoms with van der Waals surface area (Å²) in [5, 5.41) is 6.11. The number of nitrogens with zero attached hydrogens (tertiary/aromatic N) is 2. The molecule has 2 heterocycles. The number of hydrogen-bond donors (Lipinski definition) is 2. The molecule has 0 saturated carbocycles. The maximum absolute atomic E-state index is 13.5. The highest BCUT2D eigenvalue weighted by atomic mass is 16.5. The zero-order chi connectivity index (χ0) is 26.2. The Morgan fingerprint density at radius 2 is 1.63 bits per heavy atom. The third-order valence-electron chi connectivity index (χ3n) is 7.30. The molecule has 2 amide bonds. The molecule has 5 rings (SSSR count). The van der Waals surface area contributed by atoms with Crippen molar-refractivity contribution in [1.82, 2.24) is 10.2 Å². The number of ether oxygens (including phenoxy) is 1. The zero-order valence-electron chi connectivity index (χ0n) is 21.8. The van der Waals surface area contributed by atoms with Crippen molar-refractivity contribution in [3.63, 3.8) is 0 Å². The number of carbonyl (C=O) groups is 2. The molecule has 0 bridgehead atoms. The molecule has 7 heteroatoms. The monoisotopic (exact) mass is 512 g/mol. The van der Waals surface area contributed by atoms with Gasteiger partial charge in [0.05, 0.1) is 18.8 Å². The van der Waals surface area contributed by atoms with E-state index in [1.165, 1.54) is 11.1 Å². The standard InChI is InChI=1S/C31H36N4O3/c36-30(13-10-24-6-2-1-3-7-24)33-27-11-12-29(35-16-14-25-8-4-5-9-26(25)23-35)28(22-27)31(37)32-15-17-34-18-20-38-21-19-34/h1-9,11-12,22H,10,13-21,23H2,(H,32,37)(H,33,36). The molecule has 198 valence electrons. The number of hydrogen-bond acceptors (Lipinski definition) is 5. The number of aryl methyl sites for hydroxylation is 1. The summed E-state index contributed by atoms with van der Waals surface area (Å²) in [4.78, 5) is 30.7. The Labute approximate surface area is 224 Å². The van der Waals surface area contributed by atoms with Crippen LogP contribution in [0.4, 0.5) is 11.4 Å². The van der Waals surface area contributed by atoms with Gasteiger partial charge in [0.25, 0.3) is 5.91 Å². The minimum absolute atomic E-state index is 0.0628. The van der Waals surface area contributed by atoms with Gasteiger partial charge in [-0.2, -0.15) is 0 Å². The van der Waals surface area contributed by atoms with E-state index >= 15 is 0 Å². The molecule has 0 atom stereocenters. The van der Waals surface area contributed by atoms with Crippen molar-refractivity contribution in [1.29, 1.82) is 0 Å². The molecule has 3 aromatic carbocycles. The summed E-state index contributed by atoms with van der Waals surface area (Å²) in [7, 11) is 0. The summed E-state index contributed by atoms with van der Waals surface area (Å²) in [6.45, 7) is 6.20. The molecular formula is C31H36N4O3. The van der Waals surface area contributed by atoms with Gasteiger partial charge in [-0.05, 0) is 47.7 Å². The highest BCUT2D eigenvalue weighted by molar-refractivity contribution is 6.02. The number of carbonyl (C=O) groups excluding carboxylic acids is 2. The summed E-state index contributed by atoms with van der Waals surface area (Å²) >= 11 is 0. The van der Waals surface area contributed by atoms with Crippen LogP contribution in [0.25, 0.3) is 0 Å². The number of benzene rings is 3. The van der Waals surface area contributed by atoms with Gasteiger partial charge in [-0.25, -0.2) is 0 Å². The van der Waals surface area contributed by atoms with Crippen molar-refractivity contribution >= 4 is 23.2 Å². The molecule has 38 heavy (non-hydrogen) atoms. The van der Waals surface area contributed by atoms with E-state index in [9.17, 15) is 9.59 Å². The fourth-order valence-electron chi connectivity index (χ4n) is 5.15. The van der Waals surface area contributed by atoms with Crippen LogP contribution in [-0.4, -0.2) is 62.7 Å². The van der Waals surface area contributed by atoms with Crippen LogP contribution in [0, 0.1) is 0 Å². The van der Waals surface area contributed by atoms with Gasteiger partial charge in [-0.15, -0.1) is 0 Å². The van der Waals surface area contributed by atoms with Crippen LogP contribution in [0.15, 0.2) is 72.8 Å². The van der Waals surface area contributed by atoms with Crippen LogP contribution in [0.1, 0.15) is 33.5 Å². The fourth-order valence-corrected chi connectivity index (χ4v) is 5.15. The van der Waals surface area contributed by atoms with Gasteiger partial charge in [0.1, 0.15) is 0 Å². The Bertz CT molecular complexity index is 1240. The zero-order valence-corrected chi connectivity index (χ0v) is 21.8. The van der Waals surface area contributed by atoms with E-state index in [0.29, 0.717) is 30.6 Å². The summed E-state index contributed by atoms with van der Waals surface area (Å²) in [5.74, 6) is -0.181. The van der Waals surface area contributed by atoms with E-state index in [1.54, 1.807) is 0 Å². The van der Waals surface area contributed by atoms with Gasteiger partial charge in [0.15, 0.2) is 0 Å². The molecule has 1 saturated heterocycles. The second-order valence-electron chi connectivity index (χ2n) is 9.92. The summed E-state index contributed by atoms with van der Waals surface area (Å²) < 4.78 is 5.42. The average Bonchev–Trinajstić information content (AvgIpc) is 2.97. The maximum Gasteiger partial charge on any atom is 0.253 e. The highest BCUT2D eigenvalue weighted by Gasteiger charge is 2.22. The molecule has 1 fully saturated rings. The van der Waals surface area contributed by atoms with E-state index in [-0.39, 0.29) is 11.8 Å². The minimum atomic E-state index is -0.118. The molecule has 2 N–H and O–H groups in total. The normalized spacial score (nSPS) is 15.5. The molecular weight excluding hydrogens is 476 g/mol. The summed E-state index contributed by atoms with van der Waals surface area (Å²) in [6, 6.07) is 24.2. The Morgan fingerprint density at radius 3 is 2.45 bits per heavy atom. The number of nitrogens with one attached hydrogen (secondary N) is 2. The number of amides is 2. The quantitative estimate of drug-likeness (QED) is 0.455. The summed E-state index contributed by atoms with van der Waals surface area (Å²) in [6.07, 6.45) is 1.99. The van der Waals surface area contributed by atoms with Crippen LogP contribution in [0.2, 0.25) is 0 Å². The van der Waals surface area contributed by atoms with Gasteiger partial charge in [-0.1, -0.05) is 54.6 Å². The molecule has 3 aromatic rings. The van der Waals surface area contributed by atoms with Crippen LogP contribution in [0.3, 0.4) is 0 Å². The van der Waals surface area contributed by atoms with Crippen molar-refractivity contribution in [2.24, 2.45) is 0 Å². The van der Waals surface area contributed by atoms with E-state index in [2.05, 4.69) is 44.7 Å². The number of rotatable bonds is 9. The lowest BCUT2D eigenvalue weighted by atomic mass is 9.98. The molecule has 0 spiro atoms. The van der Waals surface area contributed by atoms with Crippen LogP contribution in [-0.2, 0) is 28.9 Å². The fraction of sp³-hybridized carbons (Fsp3) is 0.355. The third-order valence-corrected chi connectivity index (χ3v) is 7.30. The summed E-state index contributed by atoms with van der Waals surface area (Å²) in [5.41, 5.74) is 5.91. The Morgan fingerprint density at radius 1 is 0.868 bits per heavy atom. The Hall–Kier alpha value is -3.68. The van der Waals surface area contributed by atoms with Gasteiger partial charge < -0.3 is 20.3 Å². The van der Waals surface area contributed by atoms with Gasteiger partial charge >= 0.3 is 0 Å². The highest BCUT2D eigenvalue weighted by Crippen LogP contribution is 2.29. The predicted molar refractivity (Wildman–Crippen MR) is 151 cm³/mol. The van der Waals surface area contributed by atoms with E-state index in [0.717, 1.165) is 63.6 Å². The predicted octanol–water partition coefficient (Wildman–Crippen LogP) is 3.88. The molecule has 0 radical (unpaired) electrons. The van der Waals surface area contributed by atoms with Gasteiger partial charge in [-0.3, -0.25) is 14.5 Å². The first kappa shape index (κ1) is 25.9. The second-order valence-corrected chi connectivity index (χ2v) is 9.92. The Kier molecular flexibility index (Phi) is 8.68. The first-order valence-corrected chi connectivity index (χ1v) is 13.5. The lowest BCUT2D eigenvalue weighted by Gasteiger charge is -2.32. The number of morpholine rings is 1. The Balaban J connectivity index is 1.29. The van der Waals surface area contributed by atoms with Crippen molar-refractivity contribution < 1.29 is 14.3 Å². The largest absolute Gasteiger partial charge is 0.379 e. The lowest BCUT2D eigenvalue weighted by Crippen LogP contribution is -2.41. The third kappa shape index (κ3) is 6.79. The molecule has 2 aliphatic rings.